The maximum Gasteiger partial charge on any atom is 0.221 e. The number of β-amino-alcohol motifs (C(OH)–C–C–N with tert-alkyl or cyclic N) is 1. The Bertz CT molecular complexity index is 792. The van der Waals surface area contributed by atoms with Crippen LogP contribution in [-0.2, 0) is 4.79 Å². The van der Waals surface area contributed by atoms with E-state index in [2.05, 4.69) is 46.3 Å². The molecule has 1 heterocycles. The third kappa shape index (κ3) is 5.94. The van der Waals surface area contributed by atoms with Crippen molar-refractivity contribution < 1.29 is 9.90 Å². The topological polar surface area (TPSA) is 55.8 Å². The second kappa shape index (κ2) is 9.53. The van der Waals surface area contributed by atoms with E-state index in [1.807, 2.05) is 36.4 Å². The zero-order valence-corrected chi connectivity index (χ0v) is 16.6. The highest BCUT2D eigenvalue weighted by Gasteiger charge is 2.18. The number of anilines is 2. The highest BCUT2D eigenvalue weighted by molar-refractivity contribution is 5.88. The molecule has 0 saturated carbocycles. The van der Waals surface area contributed by atoms with Gasteiger partial charge in [-0.05, 0) is 36.8 Å². The molecule has 5 nitrogen and oxygen atoms in total. The van der Waals surface area contributed by atoms with Crippen LogP contribution in [0, 0.1) is 6.92 Å². The van der Waals surface area contributed by atoms with Gasteiger partial charge >= 0.3 is 0 Å². The van der Waals surface area contributed by atoms with Gasteiger partial charge in [-0.3, -0.25) is 9.69 Å². The first-order valence-corrected chi connectivity index (χ1v) is 9.77. The van der Waals surface area contributed by atoms with Crippen LogP contribution in [0.15, 0.2) is 54.6 Å². The molecule has 2 aromatic rings. The van der Waals surface area contributed by atoms with Crippen LogP contribution in [0.25, 0.3) is 6.08 Å². The summed E-state index contributed by atoms with van der Waals surface area (Å²) in [5, 5.41) is 13.1. The number of hydrogen-bond acceptors (Lipinski definition) is 4. The van der Waals surface area contributed by atoms with Crippen molar-refractivity contribution in [2.75, 3.05) is 42.9 Å². The van der Waals surface area contributed by atoms with Gasteiger partial charge < -0.3 is 15.3 Å². The van der Waals surface area contributed by atoms with Gasteiger partial charge in [0.15, 0.2) is 0 Å². The minimum Gasteiger partial charge on any atom is -0.388 e. The molecule has 0 aliphatic carbocycles. The monoisotopic (exact) mass is 379 g/mol. The number of carbonyl (C=O) groups excluding carboxylic acids is 1. The summed E-state index contributed by atoms with van der Waals surface area (Å²) in [7, 11) is 0. The number of benzene rings is 2. The van der Waals surface area contributed by atoms with Gasteiger partial charge in [0, 0.05) is 51.0 Å². The van der Waals surface area contributed by atoms with Crippen molar-refractivity contribution in [3.63, 3.8) is 0 Å². The van der Waals surface area contributed by atoms with Gasteiger partial charge in [0.2, 0.25) is 5.91 Å². The van der Waals surface area contributed by atoms with Crippen molar-refractivity contribution in [2.45, 2.75) is 20.0 Å². The van der Waals surface area contributed by atoms with Crippen LogP contribution in [0.1, 0.15) is 18.1 Å². The van der Waals surface area contributed by atoms with E-state index < -0.39 is 6.10 Å². The maximum atomic E-state index is 11.1. The Balaban J connectivity index is 1.45. The van der Waals surface area contributed by atoms with E-state index >= 15 is 0 Å². The summed E-state index contributed by atoms with van der Waals surface area (Å²) in [6, 6.07) is 16.2. The molecule has 1 aliphatic rings. The summed E-state index contributed by atoms with van der Waals surface area (Å²) >= 11 is 0. The number of amides is 1. The quantitative estimate of drug-likeness (QED) is 0.810. The number of piperazine rings is 1. The summed E-state index contributed by atoms with van der Waals surface area (Å²) in [5.41, 5.74) is 4.32. The zero-order chi connectivity index (χ0) is 19.9. The molecule has 1 saturated heterocycles. The molecule has 3 rings (SSSR count). The standard InChI is InChI=1S/C23H29N3O2/c1-18-3-10-22(11-4-18)26-15-13-25(14-16-26)17-23(28)12-7-20-5-8-21(9-6-20)24-19(2)27/h3-12,23,28H,13-17H2,1-2H3,(H,24,27)/b12-7+/t23-/m0/s1. The SMILES string of the molecule is CC(=O)Nc1ccc(/C=C/[C@H](O)CN2CCN(c3ccc(C)cc3)CC2)cc1. The molecule has 1 fully saturated rings. The predicted molar refractivity (Wildman–Crippen MR) is 116 cm³/mol. The predicted octanol–water partition coefficient (Wildman–Crippen LogP) is 3.15. The van der Waals surface area contributed by atoms with Crippen molar-refractivity contribution in [1.82, 2.24) is 4.90 Å². The van der Waals surface area contributed by atoms with Gasteiger partial charge in [0.1, 0.15) is 0 Å². The lowest BCUT2D eigenvalue weighted by Crippen LogP contribution is -2.48. The summed E-state index contributed by atoms with van der Waals surface area (Å²) < 4.78 is 0. The normalized spacial score (nSPS) is 16.3. The molecule has 0 bridgehead atoms. The van der Waals surface area contributed by atoms with E-state index in [1.165, 1.54) is 18.2 Å². The van der Waals surface area contributed by atoms with E-state index in [-0.39, 0.29) is 5.91 Å². The first-order chi connectivity index (χ1) is 13.5. The first-order valence-electron chi connectivity index (χ1n) is 9.77. The largest absolute Gasteiger partial charge is 0.388 e. The second-order valence-electron chi connectivity index (χ2n) is 7.35. The molecule has 148 valence electrons. The fourth-order valence-corrected chi connectivity index (χ4v) is 3.37. The van der Waals surface area contributed by atoms with Crippen molar-refractivity contribution in [3.8, 4) is 0 Å². The summed E-state index contributed by atoms with van der Waals surface area (Å²) in [6.07, 6.45) is 3.26. The lowest BCUT2D eigenvalue weighted by molar-refractivity contribution is -0.114. The van der Waals surface area contributed by atoms with Gasteiger partial charge in [-0.25, -0.2) is 0 Å². The smallest absolute Gasteiger partial charge is 0.221 e. The van der Waals surface area contributed by atoms with Crippen LogP contribution in [0.2, 0.25) is 0 Å². The van der Waals surface area contributed by atoms with Gasteiger partial charge in [-0.2, -0.15) is 0 Å². The Morgan fingerprint density at radius 3 is 2.32 bits per heavy atom. The van der Waals surface area contributed by atoms with E-state index in [0.717, 1.165) is 37.4 Å². The summed E-state index contributed by atoms with van der Waals surface area (Å²) in [6.45, 7) is 8.09. The molecular weight excluding hydrogens is 350 g/mol. The van der Waals surface area contributed by atoms with Crippen molar-refractivity contribution in [3.05, 3.63) is 65.7 Å². The minimum absolute atomic E-state index is 0.0822. The Labute approximate surface area is 167 Å². The number of aryl methyl sites for hydroxylation is 1. The van der Waals surface area contributed by atoms with Crippen LogP contribution < -0.4 is 10.2 Å². The maximum absolute atomic E-state index is 11.1. The van der Waals surface area contributed by atoms with E-state index in [4.69, 9.17) is 0 Å². The van der Waals surface area contributed by atoms with Crippen molar-refractivity contribution in [1.29, 1.82) is 0 Å². The van der Waals surface area contributed by atoms with E-state index in [9.17, 15) is 9.90 Å². The Hall–Kier alpha value is -2.63. The highest BCUT2D eigenvalue weighted by Crippen LogP contribution is 2.17. The van der Waals surface area contributed by atoms with Gasteiger partial charge in [0.25, 0.3) is 0 Å². The molecule has 0 radical (unpaired) electrons. The number of hydrogen-bond donors (Lipinski definition) is 2. The zero-order valence-electron chi connectivity index (χ0n) is 16.6. The number of rotatable bonds is 6. The third-order valence-corrected chi connectivity index (χ3v) is 4.96. The lowest BCUT2D eigenvalue weighted by atomic mass is 10.1. The van der Waals surface area contributed by atoms with Crippen LogP contribution in [0.4, 0.5) is 11.4 Å². The Kier molecular flexibility index (Phi) is 6.85. The van der Waals surface area contributed by atoms with Crippen LogP contribution in [-0.4, -0.2) is 54.7 Å². The van der Waals surface area contributed by atoms with Gasteiger partial charge in [-0.15, -0.1) is 0 Å². The number of carbonyl (C=O) groups is 1. The molecule has 0 spiro atoms. The molecule has 1 amide bonds. The molecular formula is C23H29N3O2. The number of aliphatic hydroxyl groups excluding tert-OH is 1. The molecule has 1 atom stereocenters. The van der Waals surface area contributed by atoms with Crippen LogP contribution >= 0.6 is 0 Å². The Morgan fingerprint density at radius 1 is 1.07 bits per heavy atom. The first kappa shape index (κ1) is 20.1. The second-order valence-corrected chi connectivity index (χ2v) is 7.35. The third-order valence-electron chi connectivity index (χ3n) is 4.96. The number of nitrogens with zero attached hydrogens (tertiary/aromatic N) is 2. The Morgan fingerprint density at radius 2 is 1.71 bits per heavy atom. The lowest BCUT2D eigenvalue weighted by Gasteiger charge is -2.36. The van der Waals surface area contributed by atoms with E-state index in [0.29, 0.717) is 6.54 Å². The number of nitrogens with one attached hydrogen (secondary N) is 1. The average molecular weight is 380 g/mol. The van der Waals surface area contributed by atoms with Crippen LogP contribution in [0.5, 0.6) is 0 Å². The molecule has 0 aromatic heterocycles. The van der Waals surface area contributed by atoms with Gasteiger partial charge in [0.05, 0.1) is 6.10 Å². The van der Waals surface area contributed by atoms with Crippen molar-refractivity contribution >= 4 is 23.4 Å². The highest BCUT2D eigenvalue weighted by atomic mass is 16.3. The average Bonchev–Trinajstić information content (AvgIpc) is 2.68. The molecule has 1 aliphatic heterocycles. The fourth-order valence-electron chi connectivity index (χ4n) is 3.37. The molecule has 0 unspecified atom stereocenters. The summed E-state index contributed by atoms with van der Waals surface area (Å²) in [5.74, 6) is -0.0822. The van der Waals surface area contributed by atoms with Gasteiger partial charge in [-0.1, -0.05) is 42.0 Å². The van der Waals surface area contributed by atoms with Crippen molar-refractivity contribution in [2.24, 2.45) is 0 Å². The van der Waals surface area contributed by atoms with Crippen LogP contribution in [0.3, 0.4) is 0 Å². The van der Waals surface area contributed by atoms with E-state index in [1.54, 1.807) is 0 Å². The molecule has 2 N–H and O–H groups in total. The minimum atomic E-state index is -0.499. The molecule has 2 aromatic carbocycles. The number of aliphatic hydroxyl groups is 1. The molecule has 28 heavy (non-hydrogen) atoms. The fraction of sp³-hybridized carbons (Fsp3) is 0.348. The summed E-state index contributed by atoms with van der Waals surface area (Å²) in [4.78, 5) is 15.8. The molecule has 5 heteroatoms.